The van der Waals surface area contributed by atoms with E-state index >= 15 is 0 Å². The monoisotopic (exact) mass is 445 g/mol. The normalized spacial score (nSPS) is 19.3. The van der Waals surface area contributed by atoms with Crippen molar-refractivity contribution in [3.05, 3.63) is 52.0 Å². The molecule has 4 rings (SSSR count). The van der Waals surface area contributed by atoms with Crippen molar-refractivity contribution in [2.24, 2.45) is 0 Å². The summed E-state index contributed by atoms with van der Waals surface area (Å²) in [7, 11) is 0. The van der Waals surface area contributed by atoms with Gasteiger partial charge in [0, 0.05) is 15.7 Å². The van der Waals surface area contributed by atoms with Crippen LogP contribution < -0.4 is 14.4 Å². The Bertz CT molecular complexity index is 890. The number of anilines is 1. The Morgan fingerprint density at radius 1 is 1.15 bits per heavy atom. The highest BCUT2D eigenvalue weighted by atomic mass is 79.9. The second kappa shape index (κ2) is 6.38. The van der Waals surface area contributed by atoms with Crippen LogP contribution in [0, 0.1) is 0 Å². The number of halogens is 4. The van der Waals surface area contributed by atoms with Gasteiger partial charge in [-0.15, -0.1) is 11.8 Å². The molecule has 2 heterocycles. The van der Waals surface area contributed by atoms with Gasteiger partial charge in [0.1, 0.15) is 5.37 Å². The smallest absolute Gasteiger partial charge is 0.416 e. The molecule has 2 aliphatic rings. The molecule has 0 aromatic heterocycles. The number of rotatable bonds is 2. The maximum atomic E-state index is 13.0. The quantitative estimate of drug-likeness (QED) is 0.653. The third-order valence-electron chi connectivity index (χ3n) is 4.08. The molecule has 1 unspecified atom stereocenters. The Labute approximate surface area is 159 Å². The Morgan fingerprint density at radius 2 is 1.88 bits per heavy atom. The fourth-order valence-electron chi connectivity index (χ4n) is 2.89. The van der Waals surface area contributed by atoms with Gasteiger partial charge in [-0.2, -0.15) is 13.2 Å². The molecule has 0 bridgehead atoms. The van der Waals surface area contributed by atoms with Gasteiger partial charge in [0.25, 0.3) is 0 Å². The molecule has 0 radical (unpaired) electrons. The molecule has 1 saturated heterocycles. The minimum absolute atomic E-state index is 0.110. The molecule has 1 fully saturated rings. The number of carbonyl (C=O) groups excluding carboxylic acids is 1. The van der Waals surface area contributed by atoms with Crippen LogP contribution in [0.4, 0.5) is 18.9 Å². The summed E-state index contributed by atoms with van der Waals surface area (Å²) < 4.78 is 50.5. The van der Waals surface area contributed by atoms with E-state index < -0.39 is 17.1 Å². The van der Waals surface area contributed by atoms with Crippen molar-refractivity contribution in [1.29, 1.82) is 0 Å². The zero-order chi connectivity index (χ0) is 18.5. The number of amides is 1. The maximum Gasteiger partial charge on any atom is 0.416 e. The zero-order valence-corrected chi connectivity index (χ0v) is 15.5. The lowest BCUT2D eigenvalue weighted by atomic mass is 10.1. The van der Waals surface area contributed by atoms with Crippen LogP contribution in [-0.2, 0) is 11.0 Å². The Kier molecular flexibility index (Phi) is 4.31. The summed E-state index contributed by atoms with van der Waals surface area (Å²) in [4.78, 5) is 13.8. The van der Waals surface area contributed by atoms with Crippen molar-refractivity contribution in [2.75, 3.05) is 17.4 Å². The highest BCUT2D eigenvalue weighted by Gasteiger charge is 2.38. The van der Waals surface area contributed by atoms with Crippen molar-refractivity contribution in [3.63, 3.8) is 0 Å². The molecule has 0 saturated carbocycles. The van der Waals surface area contributed by atoms with E-state index in [1.807, 2.05) is 0 Å². The predicted molar refractivity (Wildman–Crippen MR) is 94.4 cm³/mol. The van der Waals surface area contributed by atoms with E-state index in [9.17, 15) is 18.0 Å². The Balaban J connectivity index is 1.75. The average molecular weight is 446 g/mol. The van der Waals surface area contributed by atoms with Crippen molar-refractivity contribution >= 4 is 39.3 Å². The maximum absolute atomic E-state index is 13.0. The van der Waals surface area contributed by atoms with Crippen molar-refractivity contribution < 1.29 is 27.4 Å². The lowest BCUT2D eigenvalue weighted by molar-refractivity contribution is -0.137. The number of carbonyl (C=O) groups is 1. The SMILES string of the molecule is O=C1CSC(c2cc3c(cc2Br)OCO3)N1c1cccc(C(F)(F)F)c1. The lowest BCUT2D eigenvalue weighted by Gasteiger charge is -2.26. The van der Waals surface area contributed by atoms with Crippen LogP contribution in [0.15, 0.2) is 40.9 Å². The lowest BCUT2D eigenvalue weighted by Crippen LogP contribution is -2.28. The number of hydrogen-bond acceptors (Lipinski definition) is 4. The van der Waals surface area contributed by atoms with Gasteiger partial charge in [0.15, 0.2) is 11.5 Å². The number of fused-ring (bicyclic) bond motifs is 1. The topological polar surface area (TPSA) is 38.8 Å². The van der Waals surface area contributed by atoms with Gasteiger partial charge in [-0.25, -0.2) is 0 Å². The average Bonchev–Trinajstić information content (AvgIpc) is 3.19. The Hall–Kier alpha value is -1.87. The highest BCUT2D eigenvalue weighted by molar-refractivity contribution is 9.10. The molecule has 0 aliphatic carbocycles. The first kappa shape index (κ1) is 17.5. The van der Waals surface area contributed by atoms with Gasteiger partial charge < -0.3 is 9.47 Å². The third kappa shape index (κ3) is 3.03. The van der Waals surface area contributed by atoms with Crippen molar-refractivity contribution in [2.45, 2.75) is 11.6 Å². The van der Waals surface area contributed by atoms with Crippen LogP contribution in [0.1, 0.15) is 16.5 Å². The first-order valence-electron chi connectivity index (χ1n) is 7.54. The highest BCUT2D eigenvalue weighted by Crippen LogP contribution is 2.48. The van der Waals surface area contributed by atoms with Gasteiger partial charge in [-0.1, -0.05) is 22.0 Å². The molecule has 2 aliphatic heterocycles. The Morgan fingerprint density at radius 3 is 2.62 bits per heavy atom. The van der Waals surface area contributed by atoms with Crippen molar-refractivity contribution in [1.82, 2.24) is 0 Å². The summed E-state index contributed by atoms with van der Waals surface area (Å²) in [6, 6.07) is 8.29. The summed E-state index contributed by atoms with van der Waals surface area (Å²) in [5, 5.41) is -0.463. The number of alkyl halides is 3. The second-order valence-electron chi connectivity index (χ2n) is 5.70. The largest absolute Gasteiger partial charge is 0.454 e. The minimum atomic E-state index is -4.47. The van der Waals surface area contributed by atoms with Gasteiger partial charge in [-0.05, 0) is 30.3 Å². The van der Waals surface area contributed by atoms with Crippen LogP contribution in [0.25, 0.3) is 0 Å². The van der Waals surface area contributed by atoms with Crippen LogP contribution in [0.3, 0.4) is 0 Å². The van der Waals surface area contributed by atoms with Crippen LogP contribution in [0.2, 0.25) is 0 Å². The third-order valence-corrected chi connectivity index (χ3v) is 5.96. The molecule has 2 aromatic rings. The molecule has 4 nitrogen and oxygen atoms in total. The summed E-state index contributed by atoms with van der Waals surface area (Å²) in [5.41, 5.74) is 0.162. The summed E-state index contributed by atoms with van der Waals surface area (Å²) >= 11 is 4.81. The number of benzene rings is 2. The van der Waals surface area contributed by atoms with Crippen LogP contribution >= 0.6 is 27.7 Å². The van der Waals surface area contributed by atoms with E-state index in [1.165, 1.54) is 28.8 Å². The first-order valence-corrected chi connectivity index (χ1v) is 9.39. The molecule has 26 heavy (non-hydrogen) atoms. The van der Waals surface area contributed by atoms with E-state index in [0.29, 0.717) is 16.0 Å². The molecule has 1 amide bonds. The number of nitrogens with zero attached hydrogens (tertiary/aromatic N) is 1. The van der Waals surface area contributed by atoms with Gasteiger partial charge in [0.05, 0.1) is 11.3 Å². The standard InChI is InChI=1S/C17H11BrF3NO3S/c18-12-6-14-13(24-8-25-14)5-11(12)16-22(15(23)7-26-16)10-3-1-2-9(4-10)17(19,20)21/h1-6,16H,7-8H2. The number of hydrogen-bond donors (Lipinski definition) is 0. The molecule has 136 valence electrons. The minimum Gasteiger partial charge on any atom is -0.454 e. The summed E-state index contributed by atoms with van der Waals surface area (Å²) in [6.07, 6.45) is -4.47. The summed E-state index contributed by atoms with van der Waals surface area (Å²) in [5.74, 6) is 1.07. The zero-order valence-electron chi connectivity index (χ0n) is 13.0. The van der Waals surface area contributed by atoms with E-state index in [0.717, 1.165) is 17.7 Å². The van der Waals surface area contributed by atoms with Gasteiger partial charge in [0.2, 0.25) is 12.7 Å². The molecule has 1 atom stereocenters. The number of ether oxygens (including phenoxy) is 2. The summed E-state index contributed by atoms with van der Waals surface area (Å²) in [6.45, 7) is 0.110. The predicted octanol–water partition coefficient (Wildman–Crippen LogP) is 4.98. The fourth-order valence-corrected chi connectivity index (χ4v) is 4.78. The van der Waals surface area contributed by atoms with Gasteiger partial charge in [-0.3, -0.25) is 9.69 Å². The second-order valence-corrected chi connectivity index (χ2v) is 7.63. The van der Waals surface area contributed by atoms with Crippen LogP contribution in [-0.4, -0.2) is 18.5 Å². The van der Waals surface area contributed by atoms with E-state index in [4.69, 9.17) is 9.47 Å². The first-order chi connectivity index (χ1) is 12.3. The van der Waals surface area contributed by atoms with Gasteiger partial charge >= 0.3 is 6.18 Å². The fraction of sp³-hybridized carbons (Fsp3) is 0.235. The van der Waals surface area contributed by atoms with E-state index in [-0.39, 0.29) is 24.1 Å². The molecule has 0 spiro atoms. The molecule has 9 heteroatoms. The molecule has 0 N–H and O–H groups in total. The number of thioether (sulfide) groups is 1. The van der Waals surface area contributed by atoms with E-state index in [2.05, 4.69) is 15.9 Å². The van der Waals surface area contributed by atoms with E-state index in [1.54, 1.807) is 12.1 Å². The van der Waals surface area contributed by atoms with Crippen LogP contribution in [0.5, 0.6) is 11.5 Å². The van der Waals surface area contributed by atoms with Crippen molar-refractivity contribution in [3.8, 4) is 11.5 Å². The molecular weight excluding hydrogens is 435 g/mol. The molecule has 2 aromatic carbocycles. The molecular formula is C17H11BrF3NO3S.